The number of hydrogen-bond donors (Lipinski definition) is 1. The third-order valence-corrected chi connectivity index (χ3v) is 4.89. The van der Waals surface area contributed by atoms with E-state index in [0.29, 0.717) is 18.7 Å². The second-order valence-corrected chi connectivity index (χ2v) is 6.27. The van der Waals surface area contributed by atoms with Gasteiger partial charge in [-0.25, -0.2) is 0 Å². The predicted octanol–water partition coefficient (Wildman–Crippen LogP) is 3.31. The van der Waals surface area contributed by atoms with E-state index in [1.807, 2.05) is 49.4 Å². The van der Waals surface area contributed by atoms with Crippen LogP contribution in [-0.4, -0.2) is 36.2 Å². The van der Waals surface area contributed by atoms with Crippen molar-refractivity contribution in [2.75, 3.05) is 13.7 Å². The molecule has 1 N–H and O–H groups in total. The third-order valence-electron chi connectivity index (χ3n) is 4.89. The number of hydrogen-bond acceptors (Lipinski definition) is 4. The van der Waals surface area contributed by atoms with Crippen molar-refractivity contribution in [2.45, 2.75) is 31.3 Å². The number of nitrogens with zero attached hydrogens (tertiary/aromatic N) is 1. The summed E-state index contributed by atoms with van der Waals surface area (Å²) < 4.78 is 11.4. The van der Waals surface area contributed by atoms with Crippen LogP contribution in [0.2, 0.25) is 0 Å². The molecule has 0 unspecified atom stereocenters. The van der Waals surface area contributed by atoms with E-state index in [9.17, 15) is 9.90 Å². The molecule has 0 aromatic heterocycles. The van der Waals surface area contributed by atoms with E-state index in [1.54, 1.807) is 19.2 Å². The molecule has 0 spiro atoms. The Morgan fingerprint density at radius 2 is 1.85 bits per heavy atom. The van der Waals surface area contributed by atoms with Crippen molar-refractivity contribution in [3.8, 4) is 5.75 Å². The highest BCUT2D eigenvalue weighted by Gasteiger charge is 2.51. The quantitative estimate of drug-likeness (QED) is 0.829. The molecular formula is C21H23NO4. The summed E-state index contributed by atoms with van der Waals surface area (Å²) in [5.74, 6) is 0.472. The number of aliphatic imine (C=N–C) groups is 1. The van der Waals surface area contributed by atoms with Crippen LogP contribution in [0.5, 0.6) is 5.75 Å². The number of ether oxygens (including phenoxy) is 2. The molecule has 2 atom stereocenters. The molecule has 3 rings (SSSR count). The Balaban J connectivity index is 1.95. The first-order valence-corrected chi connectivity index (χ1v) is 8.77. The van der Waals surface area contributed by atoms with Gasteiger partial charge in [0.2, 0.25) is 5.90 Å². The molecule has 0 saturated heterocycles. The van der Waals surface area contributed by atoms with Crippen LogP contribution >= 0.6 is 0 Å². The van der Waals surface area contributed by atoms with Crippen LogP contribution < -0.4 is 4.74 Å². The highest BCUT2D eigenvalue weighted by Crippen LogP contribution is 2.41. The van der Waals surface area contributed by atoms with Crippen LogP contribution in [0.4, 0.5) is 0 Å². The summed E-state index contributed by atoms with van der Waals surface area (Å²) in [5, 5.41) is 9.58. The van der Waals surface area contributed by atoms with E-state index in [4.69, 9.17) is 9.47 Å². The molecule has 2 aromatic carbocycles. The summed E-state index contributed by atoms with van der Waals surface area (Å²) in [6.07, 6.45) is 0.892. The van der Waals surface area contributed by atoms with Gasteiger partial charge < -0.3 is 14.6 Å². The van der Waals surface area contributed by atoms with E-state index in [1.165, 1.54) is 0 Å². The molecule has 1 amide bonds. The predicted molar refractivity (Wildman–Crippen MR) is 99.5 cm³/mol. The zero-order chi connectivity index (χ0) is 18.6. The molecule has 0 saturated carbocycles. The molecule has 26 heavy (non-hydrogen) atoms. The minimum Gasteiger partial charge on any atom is -0.497 e. The van der Waals surface area contributed by atoms with E-state index >= 15 is 0 Å². The van der Waals surface area contributed by atoms with Crippen LogP contribution in [0, 0.1) is 0 Å². The topological polar surface area (TPSA) is 68.1 Å². The van der Waals surface area contributed by atoms with E-state index < -0.39 is 5.60 Å². The van der Waals surface area contributed by atoms with Gasteiger partial charge >= 0.3 is 0 Å². The van der Waals surface area contributed by atoms with Gasteiger partial charge in [0.25, 0.3) is 5.91 Å². The average molecular weight is 353 g/mol. The van der Waals surface area contributed by atoms with Gasteiger partial charge in [0.1, 0.15) is 5.75 Å². The van der Waals surface area contributed by atoms with Crippen LogP contribution in [0.15, 0.2) is 59.6 Å². The molecule has 0 bridgehead atoms. The Morgan fingerprint density at radius 1 is 1.15 bits per heavy atom. The zero-order valence-corrected chi connectivity index (χ0v) is 15.0. The van der Waals surface area contributed by atoms with Gasteiger partial charge in [0.15, 0.2) is 5.60 Å². The van der Waals surface area contributed by atoms with Crippen LogP contribution in [-0.2, 0) is 9.53 Å². The number of rotatable bonds is 7. The van der Waals surface area contributed by atoms with Gasteiger partial charge in [-0.1, -0.05) is 37.3 Å². The Morgan fingerprint density at radius 3 is 2.42 bits per heavy atom. The van der Waals surface area contributed by atoms with Crippen LogP contribution in [0.25, 0.3) is 0 Å². The number of benzene rings is 2. The maximum atomic E-state index is 12.9. The van der Waals surface area contributed by atoms with Gasteiger partial charge in [0.05, 0.1) is 7.11 Å². The molecule has 1 aliphatic rings. The fraction of sp³-hybridized carbons (Fsp3) is 0.333. The summed E-state index contributed by atoms with van der Waals surface area (Å²) in [6.45, 7) is 1.88. The number of aliphatic hydroxyl groups excluding tert-OH is 1. The van der Waals surface area contributed by atoms with Crippen LogP contribution in [0.1, 0.15) is 36.8 Å². The lowest BCUT2D eigenvalue weighted by Gasteiger charge is -2.34. The summed E-state index contributed by atoms with van der Waals surface area (Å²) in [6, 6.07) is 16.9. The first-order chi connectivity index (χ1) is 12.6. The molecule has 1 heterocycles. The van der Waals surface area contributed by atoms with Crippen molar-refractivity contribution in [1.29, 1.82) is 0 Å². The van der Waals surface area contributed by atoms with Crippen LogP contribution in [0.3, 0.4) is 0 Å². The van der Waals surface area contributed by atoms with Crippen molar-refractivity contribution in [1.82, 2.24) is 0 Å². The largest absolute Gasteiger partial charge is 0.497 e. The highest BCUT2D eigenvalue weighted by atomic mass is 16.5. The van der Waals surface area contributed by atoms with Gasteiger partial charge in [-0.3, -0.25) is 4.79 Å². The molecule has 0 fully saturated rings. The van der Waals surface area contributed by atoms with Gasteiger partial charge in [-0.15, -0.1) is 0 Å². The van der Waals surface area contributed by atoms with E-state index in [0.717, 1.165) is 16.9 Å². The standard InChI is InChI=1S/C21H23NO4/c1-3-21(18(13-14-23)15-7-5-4-6-8-15)20(24)22-19(26-21)16-9-11-17(25-2)12-10-16/h4-12,18,23H,3,13-14H2,1-2H3/t18-,21-/m1/s1. The number of amides is 1. The number of aliphatic hydroxyl groups is 1. The number of carbonyl (C=O) groups excluding carboxylic acids is 1. The van der Waals surface area contributed by atoms with Crippen molar-refractivity contribution < 1.29 is 19.4 Å². The summed E-state index contributed by atoms with van der Waals surface area (Å²) >= 11 is 0. The maximum absolute atomic E-state index is 12.9. The molecule has 136 valence electrons. The molecule has 1 aliphatic heterocycles. The number of methoxy groups -OCH3 is 1. The van der Waals surface area contributed by atoms with Gasteiger partial charge in [-0.2, -0.15) is 4.99 Å². The van der Waals surface area contributed by atoms with Crippen molar-refractivity contribution in [3.05, 3.63) is 65.7 Å². The first-order valence-electron chi connectivity index (χ1n) is 8.77. The molecule has 0 aliphatic carbocycles. The lowest BCUT2D eigenvalue weighted by molar-refractivity contribution is -0.133. The summed E-state index contributed by atoms with van der Waals surface area (Å²) in [4.78, 5) is 17.1. The smallest absolute Gasteiger partial charge is 0.293 e. The van der Waals surface area contributed by atoms with Crippen molar-refractivity contribution in [3.63, 3.8) is 0 Å². The fourth-order valence-electron chi connectivity index (χ4n) is 3.46. The molecule has 5 nitrogen and oxygen atoms in total. The van der Waals surface area contributed by atoms with E-state index in [-0.39, 0.29) is 18.4 Å². The zero-order valence-electron chi connectivity index (χ0n) is 15.0. The SMILES string of the molecule is CC[C@]1([C@H](CCO)c2ccccc2)OC(c2ccc(OC)cc2)=NC1=O. The monoisotopic (exact) mass is 353 g/mol. The molecule has 5 heteroatoms. The normalized spacial score (nSPS) is 20.4. The average Bonchev–Trinajstić information content (AvgIpc) is 3.04. The minimum absolute atomic E-state index is 0.0319. The molecule has 2 aromatic rings. The molecular weight excluding hydrogens is 330 g/mol. The van der Waals surface area contributed by atoms with Crippen molar-refractivity contribution >= 4 is 11.8 Å². The van der Waals surface area contributed by atoms with Crippen molar-refractivity contribution in [2.24, 2.45) is 4.99 Å². The minimum atomic E-state index is -1.10. The highest BCUT2D eigenvalue weighted by molar-refractivity contribution is 6.09. The second kappa shape index (κ2) is 7.70. The summed E-state index contributed by atoms with van der Waals surface area (Å²) in [5.41, 5.74) is 0.590. The fourth-order valence-corrected chi connectivity index (χ4v) is 3.46. The van der Waals surface area contributed by atoms with E-state index in [2.05, 4.69) is 4.99 Å². The Bertz CT molecular complexity index is 785. The number of carbonyl (C=O) groups is 1. The Kier molecular flexibility index (Phi) is 5.38. The Labute approximate surface area is 153 Å². The lowest BCUT2D eigenvalue weighted by atomic mass is 9.77. The maximum Gasteiger partial charge on any atom is 0.293 e. The summed E-state index contributed by atoms with van der Waals surface area (Å²) in [7, 11) is 1.60. The first kappa shape index (κ1) is 18.1. The van der Waals surface area contributed by atoms with Gasteiger partial charge in [-0.05, 0) is 42.7 Å². The van der Waals surface area contributed by atoms with Gasteiger partial charge in [0, 0.05) is 18.1 Å². The lowest BCUT2D eigenvalue weighted by Crippen LogP contribution is -2.43. The Hall–Kier alpha value is -2.66. The molecule has 0 radical (unpaired) electrons. The third kappa shape index (κ3) is 3.22. The second-order valence-electron chi connectivity index (χ2n) is 6.27.